The zero-order valence-corrected chi connectivity index (χ0v) is 12.0. The Labute approximate surface area is 127 Å². The molecule has 4 nitrogen and oxygen atoms in total. The number of nitrogens with zero attached hydrogens (tertiary/aromatic N) is 2. The molecule has 0 atom stereocenters. The van der Waals surface area contributed by atoms with E-state index in [1.165, 1.54) is 6.07 Å². The molecule has 1 aromatic carbocycles. The number of hydrogen-bond donors (Lipinski definition) is 1. The average molecular weight is 297 g/mol. The Bertz CT molecular complexity index is 797. The summed E-state index contributed by atoms with van der Waals surface area (Å²) in [5.41, 5.74) is 1.54. The van der Waals surface area contributed by atoms with E-state index in [1.54, 1.807) is 24.4 Å². The number of halogens is 1. The van der Waals surface area contributed by atoms with E-state index < -0.39 is 0 Å². The lowest BCUT2D eigenvalue weighted by molar-refractivity contribution is -0.121. The van der Waals surface area contributed by atoms with Crippen LogP contribution in [0, 0.1) is 5.82 Å². The third kappa shape index (κ3) is 3.14. The van der Waals surface area contributed by atoms with Gasteiger partial charge < -0.3 is 9.72 Å². The maximum Gasteiger partial charge on any atom is 0.220 e. The van der Waals surface area contributed by atoms with E-state index in [1.807, 2.05) is 28.8 Å². The smallest absolute Gasteiger partial charge is 0.220 e. The second kappa shape index (κ2) is 6.39. The maximum atomic E-state index is 13.5. The lowest BCUT2D eigenvalue weighted by atomic mass is 10.1. The van der Waals surface area contributed by atoms with Crippen LogP contribution in [0.15, 0.2) is 54.9 Å². The minimum Gasteiger partial charge on any atom is -0.349 e. The van der Waals surface area contributed by atoms with E-state index in [0.717, 1.165) is 11.3 Å². The van der Waals surface area contributed by atoms with Crippen molar-refractivity contribution in [2.75, 3.05) is 0 Å². The number of carbonyl (C=O) groups is 1. The van der Waals surface area contributed by atoms with Gasteiger partial charge in [-0.2, -0.15) is 0 Å². The number of aromatic nitrogens is 2. The van der Waals surface area contributed by atoms with Crippen LogP contribution < -0.4 is 5.32 Å². The normalized spacial score (nSPS) is 10.8. The van der Waals surface area contributed by atoms with Gasteiger partial charge in [0.05, 0.1) is 18.3 Å². The number of hydrogen-bond acceptors (Lipinski definition) is 2. The summed E-state index contributed by atoms with van der Waals surface area (Å²) < 4.78 is 15.4. The zero-order chi connectivity index (χ0) is 15.4. The summed E-state index contributed by atoms with van der Waals surface area (Å²) in [5, 5.41) is 2.82. The summed E-state index contributed by atoms with van der Waals surface area (Å²) in [7, 11) is 0. The molecule has 0 bridgehead atoms. The largest absolute Gasteiger partial charge is 0.349 e. The molecule has 0 aliphatic rings. The van der Waals surface area contributed by atoms with Crippen LogP contribution in [0.25, 0.3) is 5.52 Å². The Kier molecular flexibility index (Phi) is 4.14. The van der Waals surface area contributed by atoms with Crippen LogP contribution in [-0.4, -0.2) is 15.3 Å². The molecule has 0 aliphatic carbocycles. The Morgan fingerprint density at radius 1 is 1.18 bits per heavy atom. The van der Waals surface area contributed by atoms with E-state index in [0.29, 0.717) is 18.5 Å². The first-order valence-corrected chi connectivity index (χ1v) is 7.15. The second-order valence-electron chi connectivity index (χ2n) is 5.04. The molecule has 22 heavy (non-hydrogen) atoms. The lowest BCUT2D eigenvalue weighted by Gasteiger charge is -2.06. The third-order valence-corrected chi connectivity index (χ3v) is 3.54. The second-order valence-corrected chi connectivity index (χ2v) is 5.04. The maximum absolute atomic E-state index is 13.5. The minimum absolute atomic E-state index is 0.115. The van der Waals surface area contributed by atoms with Crippen LogP contribution in [0.3, 0.4) is 0 Å². The summed E-state index contributed by atoms with van der Waals surface area (Å²) in [4.78, 5) is 16.2. The minimum atomic E-state index is -0.269. The van der Waals surface area contributed by atoms with E-state index >= 15 is 0 Å². The Balaban J connectivity index is 1.55. The van der Waals surface area contributed by atoms with E-state index in [9.17, 15) is 9.18 Å². The fourth-order valence-corrected chi connectivity index (χ4v) is 2.35. The van der Waals surface area contributed by atoms with Crippen molar-refractivity contribution in [2.45, 2.75) is 19.4 Å². The molecule has 1 amide bonds. The number of fused-ring (bicyclic) bond motifs is 1. The van der Waals surface area contributed by atoms with Gasteiger partial charge in [-0.05, 0) is 30.2 Å². The van der Waals surface area contributed by atoms with Gasteiger partial charge in [-0.3, -0.25) is 4.79 Å². The lowest BCUT2D eigenvalue weighted by Crippen LogP contribution is -2.24. The van der Waals surface area contributed by atoms with Gasteiger partial charge in [0.15, 0.2) is 0 Å². The van der Waals surface area contributed by atoms with Gasteiger partial charge in [0, 0.05) is 12.6 Å². The monoisotopic (exact) mass is 297 g/mol. The number of carbonyl (C=O) groups excluding carboxylic acids is 1. The molecule has 0 unspecified atom stereocenters. The molecule has 3 rings (SSSR count). The van der Waals surface area contributed by atoms with E-state index in [4.69, 9.17) is 0 Å². The van der Waals surface area contributed by atoms with Gasteiger partial charge in [-0.1, -0.05) is 24.3 Å². The van der Waals surface area contributed by atoms with Crippen molar-refractivity contribution in [3.8, 4) is 0 Å². The van der Waals surface area contributed by atoms with Gasteiger partial charge in [0.1, 0.15) is 11.6 Å². The Hall–Kier alpha value is -2.69. The fraction of sp³-hybridized carbons (Fsp3) is 0.176. The van der Waals surface area contributed by atoms with Crippen LogP contribution in [0.1, 0.15) is 17.8 Å². The summed E-state index contributed by atoms with van der Waals surface area (Å²) in [5.74, 6) is 0.389. The first-order valence-electron chi connectivity index (χ1n) is 7.15. The van der Waals surface area contributed by atoms with Gasteiger partial charge in [0.2, 0.25) is 5.91 Å². The van der Waals surface area contributed by atoms with Gasteiger partial charge >= 0.3 is 0 Å². The van der Waals surface area contributed by atoms with Crippen LogP contribution in [-0.2, 0) is 17.8 Å². The topological polar surface area (TPSA) is 46.4 Å². The van der Waals surface area contributed by atoms with Gasteiger partial charge in [-0.15, -0.1) is 0 Å². The molecular weight excluding hydrogens is 281 g/mol. The van der Waals surface area contributed by atoms with Crippen molar-refractivity contribution in [3.63, 3.8) is 0 Å². The first kappa shape index (κ1) is 14.3. The van der Waals surface area contributed by atoms with Crippen LogP contribution >= 0.6 is 0 Å². The number of nitrogens with one attached hydrogen (secondary N) is 1. The van der Waals surface area contributed by atoms with Crippen molar-refractivity contribution in [2.24, 2.45) is 0 Å². The van der Waals surface area contributed by atoms with Gasteiger partial charge in [-0.25, -0.2) is 9.37 Å². The molecule has 3 aromatic rings. The number of rotatable bonds is 5. The number of amides is 1. The fourth-order valence-electron chi connectivity index (χ4n) is 2.35. The van der Waals surface area contributed by atoms with Crippen LogP contribution in [0.2, 0.25) is 0 Å². The number of aryl methyl sites for hydroxylation is 1. The molecule has 0 saturated heterocycles. The molecule has 2 aromatic heterocycles. The van der Waals surface area contributed by atoms with Crippen molar-refractivity contribution in [1.82, 2.24) is 14.7 Å². The summed E-state index contributed by atoms with van der Waals surface area (Å²) in [6.07, 6.45) is 4.31. The molecule has 0 fully saturated rings. The molecule has 0 spiro atoms. The van der Waals surface area contributed by atoms with Crippen LogP contribution in [0.5, 0.6) is 0 Å². The Morgan fingerprint density at radius 2 is 2.00 bits per heavy atom. The Morgan fingerprint density at radius 3 is 2.86 bits per heavy atom. The van der Waals surface area contributed by atoms with Crippen LogP contribution in [0.4, 0.5) is 4.39 Å². The molecular formula is C17H16FN3O. The number of imidazole rings is 1. The third-order valence-electron chi connectivity index (χ3n) is 3.54. The predicted molar refractivity (Wildman–Crippen MR) is 81.8 cm³/mol. The molecule has 0 aliphatic heterocycles. The predicted octanol–water partition coefficient (Wildman–Crippen LogP) is 2.72. The summed E-state index contributed by atoms with van der Waals surface area (Å²) >= 11 is 0. The zero-order valence-electron chi connectivity index (χ0n) is 12.0. The molecule has 1 N–H and O–H groups in total. The summed E-state index contributed by atoms with van der Waals surface area (Å²) in [6, 6.07) is 12.3. The highest BCUT2D eigenvalue weighted by Gasteiger charge is 2.07. The standard InChI is InChI=1S/C17H16FN3O/c18-15-7-2-1-5-13(15)8-9-17(22)20-12-16-19-11-14-6-3-4-10-21(14)16/h1-7,10-11H,8-9,12H2,(H,20,22). The molecule has 112 valence electrons. The number of pyridine rings is 1. The summed E-state index contributed by atoms with van der Waals surface area (Å²) in [6.45, 7) is 0.355. The average Bonchev–Trinajstić information content (AvgIpc) is 2.95. The molecule has 0 radical (unpaired) electrons. The highest BCUT2D eigenvalue weighted by molar-refractivity contribution is 5.76. The molecule has 5 heteroatoms. The van der Waals surface area contributed by atoms with Crippen molar-refractivity contribution >= 4 is 11.4 Å². The molecule has 0 saturated carbocycles. The van der Waals surface area contributed by atoms with Crippen molar-refractivity contribution in [3.05, 3.63) is 72.1 Å². The highest BCUT2D eigenvalue weighted by Crippen LogP contribution is 2.09. The van der Waals surface area contributed by atoms with E-state index in [2.05, 4.69) is 10.3 Å². The number of benzene rings is 1. The SMILES string of the molecule is O=C(CCc1ccccc1F)NCc1ncc2ccccn12. The van der Waals surface area contributed by atoms with Crippen molar-refractivity contribution in [1.29, 1.82) is 0 Å². The highest BCUT2D eigenvalue weighted by atomic mass is 19.1. The van der Waals surface area contributed by atoms with Crippen molar-refractivity contribution < 1.29 is 9.18 Å². The van der Waals surface area contributed by atoms with E-state index in [-0.39, 0.29) is 18.1 Å². The van der Waals surface area contributed by atoms with Gasteiger partial charge in [0.25, 0.3) is 0 Å². The first-order chi connectivity index (χ1) is 10.7. The molecule has 2 heterocycles. The quantitative estimate of drug-likeness (QED) is 0.787.